The van der Waals surface area contributed by atoms with E-state index in [1.807, 2.05) is 18.2 Å². The summed E-state index contributed by atoms with van der Waals surface area (Å²) in [4.78, 5) is 2.11. The molecule has 0 bridgehead atoms. The van der Waals surface area contributed by atoms with E-state index < -0.39 is 10.3 Å². The van der Waals surface area contributed by atoms with E-state index in [4.69, 9.17) is 0 Å². The van der Waals surface area contributed by atoms with Gasteiger partial charge in [-0.25, -0.2) is 0 Å². The van der Waals surface area contributed by atoms with Crippen molar-refractivity contribution in [1.29, 1.82) is 0 Å². The SMILES string of the molecule is O=S(=O)=C1C=CC2=CC=CCN21. The highest BCUT2D eigenvalue weighted by Gasteiger charge is 2.19. The molecule has 3 nitrogen and oxygen atoms in total. The van der Waals surface area contributed by atoms with Crippen molar-refractivity contribution in [2.24, 2.45) is 0 Å². The van der Waals surface area contributed by atoms with Gasteiger partial charge < -0.3 is 4.90 Å². The van der Waals surface area contributed by atoms with Crippen molar-refractivity contribution in [3.8, 4) is 0 Å². The lowest BCUT2D eigenvalue weighted by molar-refractivity contribution is 0.594. The molecule has 62 valence electrons. The second kappa shape index (κ2) is 2.64. The Kier molecular flexibility index (Phi) is 1.62. The van der Waals surface area contributed by atoms with Gasteiger partial charge in [-0.15, -0.1) is 0 Å². The molecule has 0 amide bonds. The predicted octanol–water partition coefficient (Wildman–Crippen LogP) is 0.321. The fraction of sp³-hybridized carbons (Fsp3) is 0.125. The molecule has 0 saturated carbocycles. The third kappa shape index (κ3) is 1.00. The Morgan fingerprint density at radius 3 is 2.92 bits per heavy atom. The van der Waals surface area contributed by atoms with Crippen LogP contribution in [0.15, 0.2) is 36.1 Å². The van der Waals surface area contributed by atoms with Crippen LogP contribution in [0.5, 0.6) is 0 Å². The van der Waals surface area contributed by atoms with Crippen molar-refractivity contribution >= 4 is 15.3 Å². The zero-order valence-electron chi connectivity index (χ0n) is 6.27. The molecule has 2 heterocycles. The Morgan fingerprint density at radius 1 is 1.33 bits per heavy atom. The van der Waals surface area contributed by atoms with E-state index in [1.165, 1.54) is 0 Å². The van der Waals surface area contributed by atoms with Crippen LogP contribution < -0.4 is 0 Å². The maximum absolute atomic E-state index is 10.7. The largest absolute Gasteiger partial charge is 0.325 e. The molecule has 0 aliphatic carbocycles. The van der Waals surface area contributed by atoms with Gasteiger partial charge in [-0.1, -0.05) is 12.2 Å². The van der Waals surface area contributed by atoms with Gasteiger partial charge in [-0.3, -0.25) is 0 Å². The molecule has 2 aliphatic heterocycles. The van der Waals surface area contributed by atoms with Crippen molar-refractivity contribution in [1.82, 2.24) is 4.90 Å². The van der Waals surface area contributed by atoms with Crippen molar-refractivity contribution < 1.29 is 8.42 Å². The van der Waals surface area contributed by atoms with E-state index >= 15 is 0 Å². The van der Waals surface area contributed by atoms with E-state index in [2.05, 4.69) is 0 Å². The summed E-state index contributed by atoms with van der Waals surface area (Å²) >= 11 is 0. The maximum atomic E-state index is 10.7. The summed E-state index contributed by atoms with van der Waals surface area (Å²) in [5.74, 6) is 0. The van der Waals surface area contributed by atoms with Gasteiger partial charge in [0.15, 0.2) is 4.99 Å². The van der Waals surface area contributed by atoms with Gasteiger partial charge >= 0.3 is 0 Å². The smallest absolute Gasteiger partial charge is 0.238 e. The van der Waals surface area contributed by atoms with Crippen LogP contribution in [0.25, 0.3) is 0 Å². The molecule has 0 aromatic heterocycles. The van der Waals surface area contributed by atoms with Crippen LogP contribution in [0.3, 0.4) is 0 Å². The first-order valence-corrected chi connectivity index (χ1v) is 4.65. The van der Waals surface area contributed by atoms with Gasteiger partial charge in [-0.2, -0.15) is 8.42 Å². The first kappa shape index (κ1) is 7.36. The molecule has 0 N–H and O–H groups in total. The zero-order valence-corrected chi connectivity index (χ0v) is 7.08. The molecule has 2 rings (SSSR count). The van der Waals surface area contributed by atoms with Gasteiger partial charge in [-0.05, 0) is 18.2 Å². The minimum Gasteiger partial charge on any atom is -0.325 e. The summed E-state index contributed by atoms with van der Waals surface area (Å²) in [6.07, 6.45) is 9.15. The van der Waals surface area contributed by atoms with Crippen LogP contribution in [0.1, 0.15) is 0 Å². The molecule has 12 heavy (non-hydrogen) atoms. The zero-order chi connectivity index (χ0) is 8.55. The number of nitrogens with zero attached hydrogens (tertiary/aromatic N) is 1. The van der Waals surface area contributed by atoms with Gasteiger partial charge in [0.2, 0.25) is 10.3 Å². The van der Waals surface area contributed by atoms with Gasteiger partial charge in [0, 0.05) is 12.2 Å². The summed E-state index contributed by atoms with van der Waals surface area (Å²) in [7, 11) is -2.13. The minimum absolute atomic E-state index is 0.352. The molecule has 4 heteroatoms. The highest BCUT2D eigenvalue weighted by molar-refractivity contribution is 7.73. The van der Waals surface area contributed by atoms with E-state index in [-0.39, 0.29) is 0 Å². The predicted molar refractivity (Wildman–Crippen MR) is 47.0 cm³/mol. The summed E-state index contributed by atoms with van der Waals surface area (Å²) in [5, 5.41) is 0. The highest BCUT2D eigenvalue weighted by Crippen LogP contribution is 2.17. The molecule has 0 aromatic carbocycles. The van der Waals surface area contributed by atoms with E-state index in [9.17, 15) is 8.42 Å². The Hall–Kier alpha value is -1.29. The van der Waals surface area contributed by atoms with Crippen LogP contribution in [-0.4, -0.2) is 24.9 Å². The molecule has 0 atom stereocenters. The Morgan fingerprint density at radius 2 is 2.17 bits per heavy atom. The van der Waals surface area contributed by atoms with Gasteiger partial charge in [0.1, 0.15) is 0 Å². The third-order valence-electron chi connectivity index (χ3n) is 1.84. The lowest BCUT2D eigenvalue weighted by Gasteiger charge is -2.19. The molecule has 0 aromatic rings. The van der Waals surface area contributed by atoms with Crippen molar-refractivity contribution in [3.63, 3.8) is 0 Å². The summed E-state index contributed by atoms with van der Waals surface area (Å²) in [6, 6.07) is 0. The molecule has 0 fully saturated rings. The molecule has 0 radical (unpaired) electrons. The molecule has 0 spiro atoms. The first-order valence-electron chi connectivity index (χ1n) is 3.58. The lowest BCUT2D eigenvalue weighted by atomic mass is 10.3. The quantitative estimate of drug-likeness (QED) is 0.505. The highest BCUT2D eigenvalue weighted by atomic mass is 32.2. The second-order valence-corrected chi connectivity index (χ2v) is 3.42. The summed E-state index contributed by atoms with van der Waals surface area (Å²) in [5.41, 5.74) is 0.941. The average Bonchev–Trinajstić information content (AvgIpc) is 2.47. The number of hydrogen-bond acceptors (Lipinski definition) is 2. The molecule has 0 saturated heterocycles. The number of allylic oxidation sites excluding steroid dienone is 3. The second-order valence-electron chi connectivity index (χ2n) is 2.54. The normalized spacial score (nSPS) is 19.5. The number of hydrogen-bond donors (Lipinski definition) is 0. The van der Waals surface area contributed by atoms with E-state index in [0.717, 1.165) is 5.70 Å². The first-order chi connectivity index (χ1) is 5.79. The molecular weight excluding hydrogens is 174 g/mol. The Balaban J connectivity index is 2.53. The Bertz CT molecular complexity index is 418. The molecule has 0 unspecified atom stereocenters. The summed E-state index contributed by atoms with van der Waals surface area (Å²) < 4.78 is 21.4. The van der Waals surface area contributed by atoms with Crippen molar-refractivity contribution in [2.75, 3.05) is 6.54 Å². The average molecular weight is 181 g/mol. The van der Waals surface area contributed by atoms with Crippen LogP contribution in [0.4, 0.5) is 0 Å². The minimum atomic E-state index is -2.13. The fourth-order valence-electron chi connectivity index (χ4n) is 1.28. The van der Waals surface area contributed by atoms with Crippen LogP contribution >= 0.6 is 0 Å². The fourth-order valence-corrected chi connectivity index (χ4v) is 1.82. The van der Waals surface area contributed by atoms with Crippen LogP contribution in [-0.2, 0) is 10.3 Å². The van der Waals surface area contributed by atoms with Crippen molar-refractivity contribution in [2.45, 2.75) is 0 Å². The summed E-state index contributed by atoms with van der Waals surface area (Å²) in [6.45, 7) is 0.641. The van der Waals surface area contributed by atoms with Crippen molar-refractivity contribution in [3.05, 3.63) is 36.1 Å². The third-order valence-corrected chi connectivity index (χ3v) is 2.53. The van der Waals surface area contributed by atoms with E-state index in [0.29, 0.717) is 11.5 Å². The van der Waals surface area contributed by atoms with Gasteiger partial charge in [0.25, 0.3) is 0 Å². The lowest BCUT2D eigenvalue weighted by Crippen LogP contribution is -2.26. The van der Waals surface area contributed by atoms with Crippen LogP contribution in [0.2, 0.25) is 0 Å². The number of rotatable bonds is 0. The molecular formula is C8H7NO2S. The Labute approximate surface area is 71.8 Å². The van der Waals surface area contributed by atoms with Crippen LogP contribution in [0, 0.1) is 0 Å². The monoisotopic (exact) mass is 181 g/mol. The maximum Gasteiger partial charge on any atom is 0.238 e. The molecule has 2 aliphatic rings. The van der Waals surface area contributed by atoms with Gasteiger partial charge in [0.05, 0.1) is 0 Å². The topological polar surface area (TPSA) is 37.4 Å². The van der Waals surface area contributed by atoms with E-state index in [1.54, 1.807) is 17.1 Å². The standard InChI is InChI=1S/C8H7NO2S/c10-12(11)8-5-4-7-3-1-2-6-9(7)8/h1-5H,6H2. The number of fused-ring (bicyclic) bond motifs is 1.